The summed E-state index contributed by atoms with van der Waals surface area (Å²) in [7, 11) is 1.64. The lowest BCUT2D eigenvalue weighted by atomic mass is 10.0. The second-order valence-electron chi connectivity index (χ2n) is 4.32. The number of aromatic amines is 1. The van der Waals surface area contributed by atoms with E-state index in [4.69, 9.17) is 0 Å². The van der Waals surface area contributed by atoms with Gasteiger partial charge in [-0.2, -0.15) is 0 Å². The van der Waals surface area contributed by atoms with Gasteiger partial charge in [0.2, 0.25) is 7.85 Å². The van der Waals surface area contributed by atoms with Crippen LogP contribution in [0, 0.1) is 0 Å². The summed E-state index contributed by atoms with van der Waals surface area (Å²) in [5, 5.41) is 1.25. The normalized spacial score (nSPS) is 15.1. The zero-order valence-corrected chi connectivity index (χ0v) is 9.29. The third-order valence-electron chi connectivity index (χ3n) is 3.33. The van der Waals surface area contributed by atoms with Gasteiger partial charge in [-0.05, 0) is 6.07 Å². The van der Waals surface area contributed by atoms with Crippen molar-refractivity contribution in [3.8, 4) is 0 Å². The Bertz CT molecular complexity index is 561. The minimum absolute atomic E-state index is 0.163. The van der Waals surface area contributed by atoms with E-state index in [2.05, 4.69) is 17.1 Å². The highest BCUT2D eigenvalue weighted by atomic mass is 16.1. The molecule has 1 aromatic carbocycles. The summed E-state index contributed by atoms with van der Waals surface area (Å²) < 4.78 is 0. The van der Waals surface area contributed by atoms with Gasteiger partial charge in [0, 0.05) is 41.7 Å². The zero-order chi connectivity index (χ0) is 11.1. The quantitative estimate of drug-likeness (QED) is 0.656. The molecule has 1 aliphatic heterocycles. The van der Waals surface area contributed by atoms with Gasteiger partial charge in [-0.15, -0.1) is 0 Å². The lowest BCUT2D eigenvalue weighted by molar-refractivity contribution is 0.216. The lowest BCUT2D eigenvalue weighted by Gasteiger charge is -2.26. The molecule has 0 spiro atoms. The number of carbonyl (C=O) groups is 1. The van der Waals surface area contributed by atoms with Crippen molar-refractivity contribution in [3.63, 3.8) is 0 Å². The van der Waals surface area contributed by atoms with Gasteiger partial charge in [0.05, 0.1) is 0 Å². The Kier molecular flexibility index (Phi) is 2.03. The maximum Gasteiger partial charge on any atom is 0.215 e. The number of rotatable bonds is 0. The largest absolute Gasteiger partial charge is 0.358 e. The van der Waals surface area contributed by atoms with E-state index < -0.39 is 0 Å². The molecule has 80 valence electrons. The van der Waals surface area contributed by atoms with E-state index in [-0.39, 0.29) is 5.81 Å². The number of hydrogen-bond acceptors (Lipinski definition) is 1. The topological polar surface area (TPSA) is 36.1 Å². The molecule has 0 unspecified atom stereocenters. The molecule has 2 heterocycles. The van der Waals surface area contributed by atoms with E-state index in [0.29, 0.717) is 0 Å². The van der Waals surface area contributed by atoms with Crippen LogP contribution in [0.3, 0.4) is 0 Å². The third-order valence-corrected chi connectivity index (χ3v) is 3.33. The highest BCUT2D eigenvalue weighted by Crippen LogP contribution is 2.27. The summed E-state index contributed by atoms with van der Waals surface area (Å²) in [5.41, 5.74) is 3.76. The van der Waals surface area contributed by atoms with Crippen LogP contribution in [-0.2, 0) is 13.0 Å². The highest BCUT2D eigenvalue weighted by molar-refractivity contribution is 6.56. The van der Waals surface area contributed by atoms with Crippen molar-refractivity contribution in [1.29, 1.82) is 0 Å². The molecule has 1 N–H and O–H groups in total. The first-order valence-electron chi connectivity index (χ1n) is 5.59. The smallest absolute Gasteiger partial charge is 0.215 e. The highest BCUT2D eigenvalue weighted by Gasteiger charge is 2.21. The third kappa shape index (κ3) is 1.33. The average Bonchev–Trinajstić information content (AvgIpc) is 2.66. The molecule has 1 aliphatic rings. The molecule has 0 fully saturated rings. The lowest BCUT2D eigenvalue weighted by Crippen LogP contribution is -2.34. The van der Waals surface area contributed by atoms with Gasteiger partial charge in [0.1, 0.15) is 0 Å². The Morgan fingerprint density at radius 1 is 1.38 bits per heavy atom. The standard InChI is InChI=1S/C12H13BN2O/c13-12(16)15-6-5-11-9(7-15)8-3-1-2-4-10(8)14-11/h1-4,14H,5-7,13H2. The predicted octanol–water partition coefficient (Wildman–Crippen LogP) is 1.28. The van der Waals surface area contributed by atoms with Crippen LogP contribution >= 0.6 is 0 Å². The fourth-order valence-electron chi connectivity index (χ4n) is 2.44. The van der Waals surface area contributed by atoms with Crippen LogP contribution in [-0.4, -0.2) is 30.1 Å². The maximum absolute atomic E-state index is 11.4. The molecule has 0 bridgehead atoms. The first-order valence-corrected chi connectivity index (χ1v) is 5.59. The number of fused-ring (bicyclic) bond motifs is 3. The molecule has 1 amide bonds. The number of nitrogens with one attached hydrogen (secondary N) is 1. The summed E-state index contributed by atoms with van der Waals surface area (Å²) in [4.78, 5) is 16.7. The zero-order valence-electron chi connectivity index (χ0n) is 9.29. The van der Waals surface area contributed by atoms with E-state index >= 15 is 0 Å². The SMILES string of the molecule is BC(=O)N1CCc2[nH]c3ccccc3c2C1. The van der Waals surface area contributed by atoms with E-state index in [0.717, 1.165) is 19.5 Å². The minimum atomic E-state index is 0.163. The molecular weight excluding hydrogens is 199 g/mol. The van der Waals surface area contributed by atoms with Crippen molar-refractivity contribution in [2.45, 2.75) is 13.0 Å². The Morgan fingerprint density at radius 2 is 2.19 bits per heavy atom. The predicted molar refractivity (Wildman–Crippen MR) is 66.4 cm³/mol. The molecule has 0 radical (unpaired) electrons. The summed E-state index contributed by atoms with van der Waals surface area (Å²) in [6.07, 6.45) is 0.934. The number of hydrogen-bond donors (Lipinski definition) is 1. The van der Waals surface area contributed by atoms with E-state index in [1.165, 1.54) is 22.2 Å². The van der Waals surface area contributed by atoms with Gasteiger partial charge in [-0.3, -0.25) is 4.79 Å². The van der Waals surface area contributed by atoms with Gasteiger partial charge in [-0.25, -0.2) is 0 Å². The Hall–Kier alpha value is -1.71. The van der Waals surface area contributed by atoms with Gasteiger partial charge >= 0.3 is 0 Å². The molecule has 0 saturated heterocycles. The number of aromatic nitrogens is 1. The number of amides is 1. The molecule has 0 atom stereocenters. The molecule has 1 aromatic heterocycles. The molecule has 0 saturated carbocycles. The summed E-state index contributed by atoms with van der Waals surface area (Å²) in [6, 6.07) is 8.29. The van der Waals surface area contributed by atoms with Crippen molar-refractivity contribution in [2.24, 2.45) is 0 Å². The number of para-hydroxylation sites is 1. The molecule has 0 aliphatic carbocycles. The number of nitrogens with zero attached hydrogens (tertiary/aromatic N) is 1. The molecule has 16 heavy (non-hydrogen) atoms. The first-order chi connectivity index (χ1) is 7.75. The fraction of sp³-hybridized carbons (Fsp3) is 0.250. The van der Waals surface area contributed by atoms with Crippen LogP contribution in [0.4, 0.5) is 4.79 Å². The molecule has 3 nitrogen and oxygen atoms in total. The van der Waals surface area contributed by atoms with Gasteiger partial charge in [0.25, 0.3) is 0 Å². The van der Waals surface area contributed by atoms with E-state index in [9.17, 15) is 4.79 Å². The van der Waals surface area contributed by atoms with Crippen molar-refractivity contribution in [1.82, 2.24) is 9.88 Å². The second kappa shape index (κ2) is 3.40. The van der Waals surface area contributed by atoms with Gasteiger partial charge in [0.15, 0.2) is 5.81 Å². The molecule has 3 rings (SSSR count). The summed E-state index contributed by atoms with van der Waals surface area (Å²) in [6.45, 7) is 1.57. The fourth-order valence-corrected chi connectivity index (χ4v) is 2.44. The van der Waals surface area contributed by atoms with Crippen LogP contribution in [0.25, 0.3) is 10.9 Å². The van der Waals surface area contributed by atoms with Crippen LogP contribution in [0.5, 0.6) is 0 Å². The van der Waals surface area contributed by atoms with Crippen molar-refractivity contribution in [3.05, 3.63) is 35.5 Å². The average molecular weight is 212 g/mol. The van der Waals surface area contributed by atoms with Crippen molar-refractivity contribution in [2.75, 3.05) is 6.54 Å². The van der Waals surface area contributed by atoms with Gasteiger partial charge in [-0.1, -0.05) is 18.2 Å². The minimum Gasteiger partial charge on any atom is -0.358 e. The molecule has 2 aromatic rings. The number of H-pyrrole nitrogens is 1. The van der Waals surface area contributed by atoms with E-state index in [1.54, 1.807) is 7.85 Å². The Morgan fingerprint density at radius 3 is 3.00 bits per heavy atom. The molecular formula is C12H13BN2O. The first kappa shape index (κ1) is 9.52. The van der Waals surface area contributed by atoms with Crippen LogP contribution < -0.4 is 0 Å². The molecule has 4 heteroatoms. The number of benzene rings is 1. The van der Waals surface area contributed by atoms with Gasteiger partial charge < -0.3 is 9.88 Å². The Balaban J connectivity index is 2.11. The number of carbonyl (C=O) groups excluding carboxylic acids is 1. The van der Waals surface area contributed by atoms with Crippen LogP contribution in [0.2, 0.25) is 0 Å². The Labute approximate surface area is 94.8 Å². The van der Waals surface area contributed by atoms with Crippen LogP contribution in [0.15, 0.2) is 24.3 Å². The van der Waals surface area contributed by atoms with Crippen molar-refractivity contribution >= 4 is 24.6 Å². The van der Waals surface area contributed by atoms with Crippen molar-refractivity contribution < 1.29 is 4.79 Å². The summed E-state index contributed by atoms with van der Waals surface area (Å²) >= 11 is 0. The second-order valence-corrected chi connectivity index (χ2v) is 4.32. The van der Waals surface area contributed by atoms with Crippen LogP contribution in [0.1, 0.15) is 11.3 Å². The van der Waals surface area contributed by atoms with E-state index in [1.807, 2.05) is 17.0 Å². The maximum atomic E-state index is 11.4. The summed E-state index contributed by atoms with van der Waals surface area (Å²) in [5.74, 6) is 0.163. The monoisotopic (exact) mass is 212 g/mol.